The Morgan fingerprint density at radius 3 is 2.50 bits per heavy atom. The van der Waals surface area contributed by atoms with Gasteiger partial charge in [-0.25, -0.2) is 0 Å². The van der Waals surface area contributed by atoms with Crippen molar-refractivity contribution < 1.29 is 9.84 Å². The molecular weight excluding hydrogens is 176 g/mol. The van der Waals surface area contributed by atoms with E-state index in [1.165, 1.54) is 19.3 Å². The van der Waals surface area contributed by atoms with Crippen molar-refractivity contribution in [2.24, 2.45) is 29.6 Å². The molecule has 0 saturated heterocycles. The van der Waals surface area contributed by atoms with Gasteiger partial charge in [-0.05, 0) is 55.8 Å². The molecule has 3 aliphatic carbocycles. The van der Waals surface area contributed by atoms with Crippen molar-refractivity contribution in [3.05, 3.63) is 0 Å². The Morgan fingerprint density at radius 2 is 1.93 bits per heavy atom. The van der Waals surface area contributed by atoms with Gasteiger partial charge in [0.1, 0.15) is 0 Å². The summed E-state index contributed by atoms with van der Waals surface area (Å²) in [6.45, 7) is 3.28. The van der Waals surface area contributed by atoms with Gasteiger partial charge in [-0.15, -0.1) is 0 Å². The van der Waals surface area contributed by atoms with E-state index in [0.29, 0.717) is 12.5 Å². The van der Waals surface area contributed by atoms with Crippen LogP contribution in [0.4, 0.5) is 0 Å². The molecule has 0 amide bonds. The highest BCUT2D eigenvalue weighted by atomic mass is 16.5. The third-order valence-electron chi connectivity index (χ3n) is 4.73. The van der Waals surface area contributed by atoms with E-state index in [1.54, 1.807) is 0 Å². The van der Waals surface area contributed by atoms with Gasteiger partial charge in [0, 0.05) is 6.61 Å². The van der Waals surface area contributed by atoms with E-state index in [1.807, 2.05) is 6.92 Å². The van der Waals surface area contributed by atoms with E-state index in [9.17, 15) is 5.11 Å². The number of aliphatic hydroxyl groups is 1. The Bertz CT molecular complexity index is 212. The van der Waals surface area contributed by atoms with Gasteiger partial charge in [-0.2, -0.15) is 0 Å². The van der Waals surface area contributed by atoms with E-state index in [0.717, 1.165) is 30.3 Å². The van der Waals surface area contributed by atoms with Crippen LogP contribution in [0.2, 0.25) is 0 Å². The summed E-state index contributed by atoms with van der Waals surface area (Å²) >= 11 is 0. The summed E-state index contributed by atoms with van der Waals surface area (Å²) in [6.07, 6.45) is 4.16. The van der Waals surface area contributed by atoms with Crippen molar-refractivity contribution in [2.75, 3.05) is 13.2 Å². The van der Waals surface area contributed by atoms with Crippen LogP contribution in [0.15, 0.2) is 0 Å². The fourth-order valence-electron chi connectivity index (χ4n) is 4.26. The lowest BCUT2D eigenvalue weighted by Gasteiger charge is -2.14. The molecular formula is C12H20O2. The smallest absolute Gasteiger partial charge is 0.0807 e. The van der Waals surface area contributed by atoms with Gasteiger partial charge in [0.05, 0.1) is 12.7 Å². The van der Waals surface area contributed by atoms with Crippen molar-refractivity contribution >= 4 is 0 Å². The molecule has 0 radical (unpaired) electrons. The third-order valence-corrected chi connectivity index (χ3v) is 4.73. The molecule has 14 heavy (non-hydrogen) atoms. The lowest BCUT2D eigenvalue weighted by atomic mass is 9.99. The Hall–Kier alpha value is -0.0800. The third kappa shape index (κ3) is 1.17. The van der Waals surface area contributed by atoms with Crippen LogP contribution in [0.3, 0.4) is 0 Å². The maximum atomic E-state index is 9.96. The average molecular weight is 196 g/mol. The molecule has 1 N–H and O–H groups in total. The molecule has 0 aliphatic heterocycles. The van der Waals surface area contributed by atoms with E-state index >= 15 is 0 Å². The number of rotatable bonds is 4. The Labute approximate surface area is 85.6 Å². The van der Waals surface area contributed by atoms with Gasteiger partial charge in [-0.1, -0.05) is 0 Å². The summed E-state index contributed by atoms with van der Waals surface area (Å²) in [5.41, 5.74) is 0. The van der Waals surface area contributed by atoms with Crippen molar-refractivity contribution in [1.82, 2.24) is 0 Å². The molecule has 0 aromatic rings. The topological polar surface area (TPSA) is 29.5 Å². The molecule has 2 nitrogen and oxygen atoms in total. The molecule has 0 spiro atoms. The molecule has 2 heteroatoms. The van der Waals surface area contributed by atoms with Crippen molar-refractivity contribution in [2.45, 2.75) is 32.3 Å². The molecule has 0 heterocycles. The summed E-state index contributed by atoms with van der Waals surface area (Å²) in [5.74, 6) is 4.29. The number of aliphatic hydroxyl groups excluding tert-OH is 1. The molecule has 3 fully saturated rings. The van der Waals surface area contributed by atoms with Crippen LogP contribution in [0.1, 0.15) is 26.2 Å². The zero-order chi connectivity index (χ0) is 9.71. The first-order chi connectivity index (χ1) is 6.83. The largest absolute Gasteiger partial charge is 0.390 e. The normalized spacial score (nSPS) is 50.6. The lowest BCUT2D eigenvalue weighted by Crippen LogP contribution is -2.21. The van der Waals surface area contributed by atoms with Crippen LogP contribution < -0.4 is 0 Å². The standard InChI is InChI=1S/C12H20O2/c1-2-14-6-9(13)12-10-7-3-4-8(5-7)11(10)12/h7-13H,2-6H2,1H3. The Kier molecular flexibility index (Phi) is 2.10. The van der Waals surface area contributed by atoms with E-state index < -0.39 is 0 Å². The SMILES string of the molecule is CCOCC(O)C1C2C3CCC(C3)C12. The number of hydrogen-bond acceptors (Lipinski definition) is 2. The van der Waals surface area contributed by atoms with Crippen LogP contribution in [-0.4, -0.2) is 24.4 Å². The molecule has 5 unspecified atom stereocenters. The monoisotopic (exact) mass is 196 g/mol. The van der Waals surface area contributed by atoms with Crippen LogP contribution in [0.25, 0.3) is 0 Å². The highest BCUT2D eigenvalue weighted by Crippen LogP contribution is 2.70. The second-order valence-electron chi connectivity index (χ2n) is 5.29. The molecule has 3 saturated carbocycles. The number of fused-ring (bicyclic) bond motifs is 5. The lowest BCUT2D eigenvalue weighted by molar-refractivity contribution is 0.0212. The quantitative estimate of drug-likeness (QED) is 0.741. The minimum atomic E-state index is -0.173. The van der Waals surface area contributed by atoms with Gasteiger partial charge >= 0.3 is 0 Å². The first kappa shape index (κ1) is 9.17. The summed E-state index contributed by atoms with van der Waals surface area (Å²) in [4.78, 5) is 0. The van der Waals surface area contributed by atoms with Gasteiger partial charge < -0.3 is 9.84 Å². The van der Waals surface area contributed by atoms with E-state index in [-0.39, 0.29) is 6.10 Å². The maximum Gasteiger partial charge on any atom is 0.0807 e. The predicted octanol–water partition coefficient (Wildman–Crippen LogP) is 1.68. The minimum absolute atomic E-state index is 0.173. The Morgan fingerprint density at radius 1 is 1.29 bits per heavy atom. The molecule has 2 bridgehead atoms. The summed E-state index contributed by atoms with van der Waals surface area (Å²) in [6, 6.07) is 0. The average Bonchev–Trinajstić information content (AvgIpc) is 2.64. The summed E-state index contributed by atoms with van der Waals surface area (Å²) in [7, 11) is 0. The first-order valence-electron chi connectivity index (χ1n) is 6.08. The van der Waals surface area contributed by atoms with Crippen LogP contribution in [0.5, 0.6) is 0 Å². The zero-order valence-electron chi connectivity index (χ0n) is 8.86. The predicted molar refractivity (Wildman–Crippen MR) is 53.8 cm³/mol. The molecule has 0 aromatic heterocycles. The molecule has 3 aliphatic rings. The molecule has 80 valence electrons. The highest BCUT2D eigenvalue weighted by Gasteiger charge is 2.66. The van der Waals surface area contributed by atoms with Gasteiger partial charge in [0.25, 0.3) is 0 Å². The van der Waals surface area contributed by atoms with E-state index in [2.05, 4.69) is 0 Å². The van der Waals surface area contributed by atoms with Crippen LogP contribution >= 0.6 is 0 Å². The second-order valence-corrected chi connectivity index (χ2v) is 5.29. The number of ether oxygens (including phenoxy) is 1. The zero-order valence-corrected chi connectivity index (χ0v) is 8.86. The van der Waals surface area contributed by atoms with Crippen molar-refractivity contribution in [1.29, 1.82) is 0 Å². The second kappa shape index (κ2) is 3.21. The molecule has 5 atom stereocenters. The summed E-state index contributed by atoms with van der Waals surface area (Å²) < 4.78 is 5.30. The molecule has 3 rings (SSSR count). The highest BCUT2D eigenvalue weighted by molar-refractivity contribution is 5.14. The van der Waals surface area contributed by atoms with Gasteiger partial charge in [0.15, 0.2) is 0 Å². The molecule has 0 aromatic carbocycles. The minimum Gasteiger partial charge on any atom is -0.390 e. The first-order valence-corrected chi connectivity index (χ1v) is 6.08. The van der Waals surface area contributed by atoms with E-state index in [4.69, 9.17) is 4.74 Å². The fourth-order valence-corrected chi connectivity index (χ4v) is 4.26. The fraction of sp³-hybridized carbons (Fsp3) is 1.00. The number of hydrogen-bond donors (Lipinski definition) is 1. The van der Waals surface area contributed by atoms with Crippen LogP contribution in [0, 0.1) is 29.6 Å². The van der Waals surface area contributed by atoms with Crippen LogP contribution in [-0.2, 0) is 4.74 Å². The van der Waals surface area contributed by atoms with Crippen molar-refractivity contribution in [3.63, 3.8) is 0 Å². The summed E-state index contributed by atoms with van der Waals surface area (Å²) in [5, 5.41) is 9.96. The Balaban J connectivity index is 1.57. The van der Waals surface area contributed by atoms with Gasteiger partial charge in [0.2, 0.25) is 0 Å². The maximum absolute atomic E-state index is 9.96. The van der Waals surface area contributed by atoms with Crippen molar-refractivity contribution in [3.8, 4) is 0 Å². The van der Waals surface area contributed by atoms with Gasteiger partial charge in [-0.3, -0.25) is 0 Å².